The Morgan fingerprint density at radius 1 is 0.596 bits per heavy atom. The van der Waals surface area contributed by atoms with Crippen LogP contribution >= 0.6 is 15.9 Å². The van der Waals surface area contributed by atoms with Gasteiger partial charge in [-0.15, -0.1) is 9.05 Å². The Balaban J connectivity index is 1.13. The molecule has 0 aliphatic carbocycles. The topological polar surface area (TPSA) is 395 Å². The molecule has 4 aliphatic heterocycles. The van der Waals surface area contributed by atoms with E-state index in [-0.39, 0.29) is 132 Å². The Hall–Kier alpha value is -3.25. The lowest BCUT2D eigenvalue weighted by atomic mass is 9.92. The maximum Gasteiger partial charge on any atom is 0.697 e. The summed E-state index contributed by atoms with van der Waals surface area (Å²) >= 11 is 0. The van der Waals surface area contributed by atoms with Crippen LogP contribution in [0.5, 0.6) is 0 Å². The summed E-state index contributed by atoms with van der Waals surface area (Å²) in [5, 5.41) is 78.3. The Morgan fingerprint density at radius 3 is 1.70 bits per heavy atom. The molecule has 514 valence electrons. The first-order chi connectivity index (χ1) is 42.5. The van der Waals surface area contributed by atoms with Crippen LogP contribution in [0.4, 0.5) is 0 Å². The smallest absolute Gasteiger partial charge is 0.394 e. The number of rotatable bonds is 45. The molecule has 4 aliphatic rings. The van der Waals surface area contributed by atoms with Gasteiger partial charge in [-0.3, -0.25) is 33.3 Å². The minimum atomic E-state index is -3.64. The van der Waals surface area contributed by atoms with Crippen molar-refractivity contribution in [3.63, 3.8) is 0 Å². The van der Waals surface area contributed by atoms with Gasteiger partial charge < -0.3 is 89.5 Å². The first-order valence-electron chi connectivity index (χ1n) is 32.1. The second-order valence-corrected chi connectivity index (χ2v) is 27.2. The molecular weight excluding hydrogens is 1210 g/mol. The van der Waals surface area contributed by atoms with Crippen LogP contribution in [0.2, 0.25) is 0 Å². The number of amides is 5. The number of hydrogen-bond acceptors (Lipinski definition) is 23. The molecular formula is C59H106N5O23P2+. The molecule has 4 fully saturated rings. The predicted molar refractivity (Wildman–Crippen MR) is 322 cm³/mol. The fourth-order valence-electron chi connectivity index (χ4n) is 11.4. The van der Waals surface area contributed by atoms with E-state index in [1.807, 2.05) is 6.92 Å². The Morgan fingerprint density at radius 2 is 1.12 bits per heavy atom. The van der Waals surface area contributed by atoms with Crippen molar-refractivity contribution in [2.75, 3.05) is 85.7 Å². The van der Waals surface area contributed by atoms with Gasteiger partial charge in [0.15, 0.2) is 18.4 Å². The number of carbonyl (C=O) groups excluding carboxylic acids is 6. The number of likely N-dealkylation sites (tertiary alicyclic amines) is 2. The molecule has 30 heteroatoms. The summed E-state index contributed by atoms with van der Waals surface area (Å²) in [6.07, 6.45) is 1.00. The maximum absolute atomic E-state index is 13.7. The van der Waals surface area contributed by atoms with Crippen LogP contribution in [0.15, 0.2) is 0 Å². The van der Waals surface area contributed by atoms with Crippen LogP contribution in [0.25, 0.3) is 0 Å². The van der Waals surface area contributed by atoms with Gasteiger partial charge in [-0.2, -0.15) is 0 Å². The molecule has 4 saturated heterocycles. The summed E-state index contributed by atoms with van der Waals surface area (Å²) in [6.45, 7) is 8.38. The summed E-state index contributed by atoms with van der Waals surface area (Å²) in [4.78, 5) is 80.2. The van der Waals surface area contributed by atoms with Crippen molar-refractivity contribution >= 4 is 51.2 Å². The zero-order valence-electron chi connectivity index (χ0n) is 52.9. The fraction of sp³-hybridized carbons (Fsp3) is 0.898. The van der Waals surface area contributed by atoms with Crippen LogP contribution < -0.4 is 16.0 Å². The quantitative estimate of drug-likeness (QED) is 0.0309. The largest absolute Gasteiger partial charge is 0.697 e. The molecule has 4 rings (SSSR count). The SMILES string of the molecule is CC(=O)NCCCCCC(=O)N1CC(OP(C)(=O)OCCO[P+](=O)OC[C@@H]2C[C@@H](C)CN2C(=O)CCCCCCC(=O)[C@H](CCCCNC(=O)CCCCOC2OC(CO)C(O)C(O)C2C)NC(=O)CCCCOC2OC(CO)C(O)C(O)C2C)C[C@H]1CO. The van der Waals surface area contributed by atoms with E-state index < -0.39 is 108 Å². The number of Topliss-reactive ketones (excluding diaryl/α,β-unsaturated/α-hetero) is 1. The molecule has 0 aromatic carbocycles. The van der Waals surface area contributed by atoms with Crippen molar-refractivity contribution in [2.24, 2.45) is 17.8 Å². The van der Waals surface area contributed by atoms with Gasteiger partial charge in [0.1, 0.15) is 37.6 Å². The molecule has 28 nitrogen and oxygen atoms in total. The number of carbonyl (C=O) groups is 6. The highest BCUT2D eigenvalue weighted by molar-refractivity contribution is 7.53. The van der Waals surface area contributed by atoms with Crippen molar-refractivity contribution in [3.05, 3.63) is 0 Å². The Labute approximate surface area is 525 Å². The molecule has 5 amide bonds. The number of aliphatic hydroxyl groups is 7. The highest BCUT2D eigenvalue weighted by Crippen LogP contribution is 2.47. The molecule has 0 bridgehead atoms. The Kier molecular flexibility index (Phi) is 37.0. The number of hydrogen-bond donors (Lipinski definition) is 10. The summed E-state index contributed by atoms with van der Waals surface area (Å²) in [7, 11) is -6.25. The molecule has 0 spiro atoms. The molecule has 0 aromatic rings. The van der Waals surface area contributed by atoms with Gasteiger partial charge in [0.2, 0.25) is 29.5 Å². The summed E-state index contributed by atoms with van der Waals surface area (Å²) < 4.78 is 70.7. The molecule has 10 N–H and O–H groups in total. The van der Waals surface area contributed by atoms with Gasteiger partial charge in [0.25, 0.3) is 0 Å². The summed E-state index contributed by atoms with van der Waals surface area (Å²) in [5.74, 6) is -1.81. The van der Waals surface area contributed by atoms with E-state index in [1.165, 1.54) is 18.5 Å². The van der Waals surface area contributed by atoms with Crippen molar-refractivity contribution in [1.82, 2.24) is 25.8 Å². The summed E-state index contributed by atoms with van der Waals surface area (Å²) in [6, 6.07) is -1.56. The number of nitrogens with zero attached hydrogens (tertiary/aromatic N) is 2. The number of ketones is 1. The first kappa shape index (κ1) is 78.2. The average molecular weight is 1320 g/mol. The van der Waals surface area contributed by atoms with E-state index in [9.17, 15) is 73.6 Å². The highest BCUT2D eigenvalue weighted by Gasteiger charge is 2.44. The minimum Gasteiger partial charge on any atom is -0.394 e. The van der Waals surface area contributed by atoms with Crippen LogP contribution in [-0.2, 0) is 74.9 Å². The van der Waals surface area contributed by atoms with Crippen molar-refractivity contribution < 1.29 is 111 Å². The highest BCUT2D eigenvalue weighted by atomic mass is 31.2. The molecule has 17 atom stereocenters. The lowest BCUT2D eigenvalue weighted by Crippen LogP contribution is -2.55. The number of ether oxygens (including phenoxy) is 4. The van der Waals surface area contributed by atoms with E-state index in [0.717, 1.165) is 12.8 Å². The fourth-order valence-corrected chi connectivity index (χ4v) is 13.2. The zero-order valence-corrected chi connectivity index (χ0v) is 54.7. The van der Waals surface area contributed by atoms with Gasteiger partial charge >= 0.3 is 15.9 Å². The van der Waals surface area contributed by atoms with Gasteiger partial charge in [-0.05, 0) is 89.4 Å². The van der Waals surface area contributed by atoms with E-state index in [4.69, 9.17) is 37.0 Å². The third-order valence-electron chi connectivity index (χ3n) is 16.7. The van der Waals surface area contributed by atoms with Crippen molar-refractivity contribution in [1.29, 1.82) is 0 Å². The lowest BCUT2D eigenvalue weighted by Gasteiger charge is -2.40. The molecule has 4 heterocycles. The average Bonchev–Trinajstić information content (AvgIpc) is 2.23. The molecule has 13 unspecified atom stereocenters. The lowest BCUT2D eigenvalue weighted by molar-refractivity contribution is -0.282. The molecule has 0 radical (unpaired) electrons. The van der Waals surface area contributed by atoms with Crippen LogP contribution in [-0.4, -0.2) is 240 Å². The van der Waals surface area contributed by atoms with Crippen LogP contribution in [0.1, 0.15) is 163 Å². The number of unbranched alkanes of at least 4 members (excludes halogenated alkanes) is 8. The van der Waals surface area contributed by atoms with E-state index in [2.05, 4.69) is 16.0 Å². The second-order valence-electron chi connectivity index (χ2n) is 24.3. The van der Waals surface area contributed by atoms with Gasteiger partial charge in [0, 0.05) is 101 Å². The maximum atomic E-state index is 13.7. The third-order valence-corrected chi connectivity index (χ3v) is 18.8. The number of aliphatic hydroxyl groups excluding tert-OH is 7. The van der Waals surface area contributed by atoms with Gasteiger partial charge in [0.05, 0.1) is 62.9 Å². The number of nitrogens with one attached hydrogen (secondary N) is 3. The standard InChI is InChI=1S/C59H105N5O23P2/c1-39-31-44(38-83-88(78)82-29-30-84-89(5,79)87-45-32-43(35-65)64(34-45)53(73)24-11-8-15-25-60-42(4)68)63(33-39)52(72)23-10-7-6-9-20-47(69)46(62-51(71)22-14-18-28-81-59-41(3)55(75)57(77)49(37-67)86-59)19-12-16-26-61-50(70)21-13-17-27-80-58-40(2)54(74)56(76)48(36-66)85-58/h39-41,43-46,48-49,54-59,65-67,74-77H,6-38H2,1-5H3,(H2-,60,61,62,68,70,71)/p+1/t39-,40?,41?,43+,44+,45?,46+,48?,49?,54?,55?,56?,57?,58?,59?,89?/m1/s1. The molecule has 89 heavy (non-hydrogen) atoms. The summed E-state index contributed by atoms with van der Waals surface area (Å²) in [5.41, 5.74) is 0. The van der Waals surface area contributed by atoms with E-state index >= 15 is 0 Å². The Bertz CT molecular complexity index is 2190. The molecule has 0 saturated carbocycles. The zero-order chi connectivity index (χ0) is 65.5. The van der Waals surface area contributed by atoms with Crippen LogP contribution in [0.3, 0.4) is 0 Å². The monoisotopic (exact) mass is 1310 g/mol. The van der Waals surface area contributed by atoms with Crippen LogP contribution in [0, 0.1) is 17.8 Å². The third kappa shape index (κ3) is 28.5. The van der Waals surface area contributed by atoms with Gasteiger partial charge in [-0.25, -0.2) is 0 Å². The van der Waals surface area contributed by atoms with E-state index in [1.54, 1.807) is 18.7 Å². The second kappa shape index (κ2) is 42.2. The predicted octanol–water partition coefficient (Wildman–Crippen LogP) is 2.63. The van der Waals surface area contributed by atoms with E-state index in [0.29, 0.717) is 103 Å². The normalized spacial score (nSPS) is 28.3. The molecule has 0 aromatic heterocycles. The van der Waals surface area contributed by atoms with Gasteiger partial charge in [-0.1, -0.05) is 40.0 Å². The minimum absolute atomic E-state index is 0.0199. The van der Waals surface area contributed by atoms with Crippen molar-refractivity contribution in [2.45, 2.75) is 236 Å². The van der Waals surface area contributed by atoms with Crippen molar-refractivity contribution in [3.8, 4) is 0 Å². The first-order valence-corrected chi connectivity index (χ1v) is 35.2.